The summed E-state index contributed by atoms with van der Waals surface area (Å²) in [7, 11) is 0. The molecule has 2 rings (SSSR count). The summed E-state index contributed by atoms with van der Waals surface area (Å²) in [4.78, 5) is 17.6. The van der Waals surface area contributed by atoms with Crippen molar-refractivity contribution in [2.45, 2.75) is 6.82 Å². The van der Waals surface area contributed by atoms with E-state index < -0.39 is 6.85 Å². The standard InChI is InChI=1S/C8H6BBrClN3O/c1-9(14-15)4-2-12-8-6(4)7(11)5(10)3-13-8/h2-3H,1H3,(H,12,13). The first-order valence-corrected chi connectivity index (χ1v) is 5.45. The molecule has 0 radical (unpaired) electrons. The number of nitroso groups, excluding NO2 is 1. The Morgan fingerprint density at radius 3 is 3.07 bits per heavy atom. The highest BCUT2D eigenvalue weighted by Gasteiger charge is 2.20. The lowest BCUT2D eigenvalue weighted by Gasteiger charge is -2.00. The van der Waals surface area contributed by atoms with Crippen LogP contribution in [0.1, 0.15) is 0 Å². The lowest BCUT2D eigenvalue weighted by Crippen LogP contribution is -2.23. The molecule has 0 amide bonds. The number of aromatic amines is 1. The summed E-state index contributed by atoms with van der Waals surface area (Å²) in [6, 6.07) is 0. The highest BCUT2D eigenvalue weighted by Crippen LogP contribution is 2.28. The summed E-state index contributed by atoms with van der Waals surface area (Å²) in [6.07, 6.45) is 3.33. The van der Waals surface area contributed by atoms with E-state index in [9.17, 15) is 4.91 Å². The molecule has 2 aromatic heterocycles. The van der Waals surface area contributed by atoms with Crippen molar-refractivity contribution in [2.75, 3.05) is 0 Å². The molecule has 7 heteroatoms. The van der Waals surface area contributed by atoms with E-state index in [1.54, 1.807) is 19.2 Å². The quantitative estimate of drug-likeness (QED) is 0.681. The maximum absolute atomic E-state index is 10.5. The number of pyridine rings is 1. The first-order chi connectivity index (χ1) is 7.15. The number of fused-ring (bicyclic) bond motifs is 1. The molecule has 1 N–H and O–H groups in total. The van der Waals surface area contributed by atoms with Crippen LogP contribution in [-0.4, -0.2) is 16.8 Å². The molecule has 0 aliphatic heterocycles. The number of hydrogen-bond donors (Lipinski definition) is 1. The van der Waals surface area contributed by atoms with Crippen LogP contribution in [0.3, 0.4) is 0 Å². The summed E-state index contributed by atoms with van der Waals surface area (Å²) in [5, 5.41) is 4.28. The monoisotopic (exact) mass is 285 g/mol. The molecule has 2 heterocycles. The Kier molecular flexibility index (Phi) is 2.80. The fraction of sp³-hybridized carbons (Fsp3) is 0.125. The molecular weight excluding hydrogens is 280 g/mol. The van der Waals surface area contributed by atoms with Gasteiger partial charge in [-0.2, -0.15) is 4.91 Å². The molecule has 2 aromatic rings. The molecule has 0 atom stereocenters. The molecule has 4 nitrogen and oxygen atoms in total. The summed E-state index contributed by atoms with van der Waals surface area (Å²) < 4.78 is 0.704. The second-order valence-electron chi connectivity index (χ2n) is 3.17. The lowest BCUT2D eigenvalue weighted by atomic mass is 9.60. The third kappa shape index (κ3) is 1.68. The summed E-state index contributed by atoms with van der Waals surface area (Å²) in [5.74, 6) is 0. The van der Waals surface area contributed by atoms with Gasteiger partial charge in [-0.25, -0.2) is 4.98 Å². The fourth-order valence-corrected chi connectivity index (χ4v) is 1.99. The zero-order chi connectivity index (χ0) is 11.0. The average molecular weight is 286 g/mol. The van der Waals surface area contributed by atoms with Crippen LogP contribution >= 0.6 is 27.5 Å². The second kappa shape index (κ2) is 3.94. The summed E-state index contributed by atoms with van der Waals surface area (Å²) >= 11 is 9.41. The number of nitrogens with one attached hydrogen (secondary N) is 1. The maximum atomic E-state index is 10.5. The van der Waals surface area contributed by atoms with Crippen LogP contribution in [0.5, 0.6) is 0 Å². The zero-order valence-corrected chi connectivity index (χ0v) is 10.1. The molecule has 0 saturated heterocycles. The van der Waals surface area contributed by atoms with Crippen LogP contribution in [-0.2, 0) is 0 Å². The van der Waals surface area contributed by atoms with Crippen molar-refractivity contribution >= 4 is 50.9 Å². The Bertz CT molecular complexity index is 530. The molecular formula is C8H6BBrClN3O. The van der Waals surface area contributed by atoms with Crippen molar-refractivity contribution in [3.63, 3.8) is 0 Å². The predicted molar refractivity (Wildman–Crippen MR) is 65.9 cm³/mol. The van der Waals surface area contributed by atoms with E-state index in [1.165, 1.54) is 0 Å². The zero-order valence-electron chi connectivity index (χ0n) is 7.79. The number of aromatic nitrogens is 2. The molecule has 76 valence electrons. The van der Waals surface area contributed by atoms with Gasteiger partial charge in [0.2, 0.25) is 0 Å². The molecule has 0 aliphatic carbocycles. The van der Waals surface area contributed by atoms with Gasteiger partial charge in [-0.15, -0.1) is 5.09 Å². The highest BCUT2D eigenvalue weighted by atomic mass is 79.9. The van der Waals surface area contributed by atoms with E-state index in [2.05, 4.69) is 31.0 Å². The molecule has 0 fully saturated rings. The molecule has 0 saturated carbocycles. The molecule has 0 spiro atoms. The number of hydrogen-bond acceptors (Lipinski definition) is 3. The number of nitrogens with zero attached hydrogens (tertiary/aromatic N) is 2. The first-order valence-electron chi connectivity index (χ1n) is 4.28. The minimum Gasteiger partial charge on any atom is -0.347 e. The molecule has 0 bridgehead atoms. The van der Waals surface area contributed by atoms with Crippen LogP contribution in [0, 0.1) is 4.91 Å². The fourth-order valence-electron chi connectivity index (χ4n) is 1.44. The van der Waals surface area contributed by atoms with E-state index in [-0.39, 0.29) is 0 Å². The summed E-state index contributed by atoms with van der Waals surface area (Å²) in [6.45, 7) is 1.28. The number of H-pyrrole nitrogens is 1. The van der Waals surface area contributed by atoms with Crippen LogP contribution in [0.2, 0.25) is 11.8 Å². The van der Waals surface area contributed by atoms with E-state index in [0.717, 1.165) is 10.8 Å². The maximum Gasteiger partial charge on any atom is 0.368 e. The van der Waals surface area contributed by atoms with Gasteiger partial charge in [-0.3, -0.25) is 0 Å². The van der Waals surface area contributed by atoms with Crippen molar-refractivity contribution in [3.05, 3.63) is 26.8 Å². The van der Waals surface area contributed by atoms with Crippen molar-refractivity contribution < 1.29 is 0 Å². The number of halogens is 2. The van der Waals surface area contributed by atoms with Crippen molar-refractivity contribution in [3.8, 4) is 0 Å². The van der Waals surface area contributed by atoms with Gasteiger partial charge in [0.1, 0.15) is 5.65 Å². The van der Waals surface area contributed by atoms with Gasteiger partial charge >= 0.3 is 6.85 Å². The normalized spacial score (nSPS) is 10.6. The minimum absolute atomic E-state index is 0.438. The smallest absolute Gasteiger partial charge is 0.347 e. The Morgan fingerprint density at radius 2 is 2.40 bits per heavy atom. The van der Waals surface area contributed by atoms with Gasteiger partial charge in [0.25, 0.3) is 0 Å². The van der Waals surface area contributed by atoms with Crippen molar-refractivity contribution in [1.82, 2.24) is 9.97 Å². The average Bonchev–Trinajstić information content (AvgIpc) is 2.67. The Morgan fingerprint density at radius 1 is 1.67 bits per heavy atom. The molecule has 0 aliphatic rings. The van der Waals surface area contributed by atoms with Crippen LogP contribution < -0.4 is 5.46 Å². The second-order valence-corrected chi connectivity index (χ2v) is 4.40. The van der Waals surface area contributed by atoms with Crippen molar-refractivity contribution in [2.24, 2.45) is 5.09 Å². The minimum atomic E-state index is -0.438. The van der Waals surface area contributed by atoms with E-state index in [1.807, 2.05) is 0 Å². The SMILES string of the molecule is CB(N=O)c1c[nH]c2ncc(Br)c(Cl)c12. The van der Waals surface area contributed by atoms with Crippen LogP contribution in [0.15, 0.2) is 22.0 Å². The molecule has 0 unspecified atom stereocenters. The Balaban J connectivity index is 2.77. The van der Waals surface area contributed by atoms with Gasteiger partial charge in [0.05, 0.1) is 9.50 Å². The third-order valence-electron chi connectivity index (χ3n) is 2.23. The Labute approximate surface area is 99.6 Å². The highest BCUT2D eigenvalue weighted by molar-refractivity contribution is 9.10. The van der Waals surface area contributed by atoms with E-state index in [4.69, 9.17) is 11.6 Å². The van der Waals surface area contributed by atoms with E-state index >= 15 is 0 Å². The van der Waals surface area contributed by atoms with Gasteiger partial charge in [0.15, 0.2) is 0 Å². The van der Waals surface area contributed by atoms with Gasteiger partial charge < -0.3 is 4.98 Å². The molecule has 15 heavy (non-hydrogen) atoms. The van der Waals surface area contributed by atoms with Gasteiger partial charge in [0, 0.05) is 11.6 Å². The van der Waals surface area contributed by atoms with Crippen LogP contribution in [0.4, 0.5) is 0 Å². The van der Waals surface area contributed by atoms with E-state index in [0.29, 0.717) is 15.1 Å². The molecule has 0 aromatic carbocycles. The Hall–Kier alpha value is -0.875. The topological polar surface area (TPSA) is 58.1 Å². The largest absolute Gasteiger partial charge is 0.368 e. The number of rotatable bonds is 2. The lowest BCUT2D eigenvalue weighted by molar-refractivity contribution is 1.31. The van der Waals surface area contributed by atoms with Crippen molar-refractivity contribution in [1.29, 1.82) is 0 Å². The summed E-state index contributed by atoms with van der Waals surface area (Å²) in [5.41, 5.74) is 1.42. The van der Waals surface area contributed by atoms with Gasteiger partial charge in [-0.1, -0.05) is 18.4 Å². The van der Waals surface area contributed by atoms with Gasteiger partial charge in [-0.05, 0) is 27.6 Å². The predicted octanol–water partition coefficient (Wildman–Crippen LogP) is 2.57. The van der Waals surface area contributed by atoms with Crippen LogP contribution in [0.25, 0.3) is 11.0 Å². The first kappa shape index (κ1) is 10.6. The third-order valence-corrected chi connectivity index (χ3v) is 3.46.